The van der Waals surface area contributed by atoms with Crippen LogP contribution in [0.3, 0.4) is 0 Å². The van der Waals surface area contributed by atoms with Crippen molar-refractivity contribution in [3.8, 4) is 0 Å². The zero-order chi connectivity index (χ0) is 39.5. The normalized spacial score (nSPS) is 35.6. The largest absolute Gasteiger partial charge is 0.467 e. The number of aromatic amines is 1. The van der Waals surface area contributed by atoms with Gasteiger partial charge in [0.2, 0.25) is 5.60 Å². The lowest BCUT2D eigenvalue weighted by Crippen LogP contribution is -2.81. The molecule has 5 aliphatic heterocycles. The van der Waals surface area contributed by atoms with Gasteiger partial charge < -0.3 is 24.5 Å². The molecule has 0 amide bonds. The second-order valence-corrected chi connectivity index (χ2v) is 17.8. The highest BCUT2D eigenvalue weighted by molar-refractivity contribution is 5.89. The second-order valence-electron chi connectivity index (χ2n) is 17.8. The summed E-state index contributed by atoms with van der Waals surface area (Å²) in [5, 5.41) is 14.4. The number of nitrogens with zero attached hydrogens (tertiary/aromatic N) is 4. The number of hydrogen-bond donors (Lipinski definition) is 2. The van der Waals surface area contributed by atoms with Crippen molar-refractivity contribution in [3.63, 3.8) is 0 Å². The summed E-state index contributed by atoms with van der Waals surface area (Å²) in [6, 6.07) is 9.86. The number of ether oxygens (including phenoxy) is 2. The van der Waals surface area contributed by atoms with E-state index in [1.165, 1.54) is 36.4 Å². The number of aliphatic hydroxyl groups is 1. The van der Waals surface area contributed by atoms with Gasteiger partial charge in [0.15, 0.2) is 11.8 Å². The quantitative estimate of drug-likeness (QED) is 0.173. The average Bonchev–Trinajstić information content (AvgIpc) is 3.84. The molecule has 1 saturated carbocycles. The number of fused-ring (bicyclic) bond motifs is 6. The number of anilines is 1. The molecule has 2 fully saturated rings. The Bertz CT molecular complexity index is 2270. The number of rotatable bonds is 5. The van der Waals surface area contributed by atoms with Crippen LogP contribution < -0.4 is 4.90 Å². The molecule has 0 radical (unpaired) electrons. The van der Waals surface area contributed by atoms with E-state index in [4.69, 9.17) is 16.0 Å². The van der Waals surface area contributed by atoms with E-state index >= 15 is 0 Å². The van der Waals surface area contributed by atoms with Crippen molar-refractivity contribution < 1.29 is 24.2 Å². The van der Waals surface area contributed by atoms with Gasteiger partial charge in [0.25, 0.3) is 0 Å². The third kappa shape index (κ3) is 4.77. The summed E-state index contributed by atoms with van der Waals surface area (Å²) in [5.74, 6) is -0.980. The molecule has 6 heterocycles. The highest BCUT2D eigenvalue weighted by atomic mass is 16.6. The fraction of sp³-hybridized carbons (Fsp3) is 0.543. The Balaban J connectivity index is 1.31. The van der Waals surface area contributed by atoms with E-state index < -0.39 is 45.9 Å². The predicted octanol–water partition coefficient (Wildman–Crippen LogP) is 6.49. The molecule has 10 heteroatoms. The van der Waals surface area contributed by atoms with Crippen LogP contribution in [0.2, 0.25) is 0 Å². The van der Waals surface area contributed by atoms with Gasteiger partial charge in [-0.3, -0.25) is 14.6 Å². The van der Waals surface area contributed by atoms with Crippen LogP contribution in [-0.4, -0.2) is 102 Å². The molecule has 1 spiro atoms. The number of carbonyl (C=O) groups is 2. The Labute approximate surface area is 330 Å². The number of aromatic nitrogens is 1. The van der Waals surface area contributed by atoms with Crippen molar-refractivity contribution in [1.82, 2.24) is 14.8 Å². The lowest BCUT2D eigenvalue weighted by molar-refractivity contribution is -0.228. The maximum Gasteiger partial charge on any atom is 0.344 e. The molecule has 2 aromatic carbocycles. The topological polar surface area (TPSA) is 103 Å². The van der Waals surface area contributed by atoms with Crippen molar-refractivity contribution in [1.29, 1.82) is 0 Å². The molecule has 294 valence electrons. The molecule has 1 saturated heterocycles. The average molecular weight is 758 g/mol. The Morgan fingerprint density at radius 3 is 2.64 bits per heavy atom. The summed E-state index contributed by atoms with van der Waals surface area (Å²) < 4.78 is 11.7. The fourth-order valence-electron chi connectivity index (χ4n) is 13.1. The van der Waals surface area contributed by atoms with Crippen LogP contribution in [0.4, 0.5) is 11.4 Å². The minimum Gasteiger partial charge on any atom is -0.467 e. The molecular formula is C46H55N5O5. The lowest BCUT2D eigenvalue weighted by Gasteiger charge is -2.63. The van der Waals surface area contributed by atoms with Crippen LogP contribution in [-0.2, 0) is 36.3 Å². The first-order valence-corrected chi connectivity index (χ1v) is 20.5. The van der Waals surface area contributed by atoms with Crippen LogP contribution in [0, 0.1) is 24.8 Å². The number of H-pyrrole nitrogens is 1. The van der Waals surface area contributed by atoms with E-state index in [1.54, 1.807) is 0 Å². The summed E-state index contributed by atoms with van der Waals surface area (Å²) >= 11 is 0. The van der Waals surface area contributed by atoms with Crippen LogP contribution in [0.1, 0.15) is 81.3 Å². The van der Waals surface area contributed by atoms with Crippen molar-refractivity contribution in [2.45, 2.75) is 101 Å². The first kappa shape index (κ1) is 37.2. The minimum absolute atomic E-state index is 0.144. The van der Waals surface area contributed by atoms with Gasteiger partial charge in [-0.25, -0.2) is 9.64 Å². The molecule has 3 aromatic rings. The summed E-state index contributed by atoms with van der Waals surface area (Å²) in [6.07, 6.45) is 9.72. The van der Waals surface area contributed by atoms with E-state index in [1.807, 2.05) is 13.1 Å². The van der Waals surface area contributed by atoms with Crippen LogP contribution in [0.25, 0.3) is 15.7 Å². The van der Waals surface area contributed by atoms with Crippen molar-refractivity contribution in [3.05, 3.63) is 93.5 Å². The van der Waals surface area contributed by atoms with Crippen LogP contribution in [0.5, 0.6) is 0 Å². The molecule has 6 aliphatic rings. The zero-order valence-electron chi connectivity index (χ0n) is 33.9. The van der Waals surface area contributed by atoms with Gasteiger partial charge in [-0.1, -0.05) is 49.8 Å². The Kier molecular flexibility index (Phi) is 8.49. The number of benzene rings is 2. The number of nitrogens with one attached hydrogen (secondary N) is 1. The molecular weight excluding hydrogens is 703 g/mol. The van der Waals surface area contributed by atoms with Crippen LogP contribution in [0.15, 0.2) is 54.1 Å². The van der Waals surface area contributed by atoms with Gasteiger partial charge in [0, 0.05) is 79.3 Å². The molecule has 2 bridgehead atoms. The first-order valence-electron chi connectivity index (χ1n) is 20.5. The van der Waals surface area contributed by atoms with Gasteiger partial charge in [0.1, 0.15) is 0 Å². The van der Waals surface area contributed by atoms with Gasteiger partial charge in [-0.2, -0.15) is 0 Å². The Morgan fingerprint density at radius 2 is 1.93 bits per heavy atom. The molecule has 1 aliphatic carbocycles. The maximum absolute atomic E-state index is 14.3. The van der Waals surface area contributed by atoms with E-state index in [0.717, 1.165) is 86.1 Å². The molecule has 1 aromatic heterocycles. The third-order valence-corrected chi connectivity index (χ3v) is 15.1. The number of carbonyl (C=O) groups excluding carboxylic acids is 2. The maximum atomic E-state index is 14.3. The molecule has 2 unspecified atom stereocenters. The highest BCUT2D eigenvalue weighted by Gasteiger charge is 2.80. The van der Waals surface area contributed by atoms with E-state index in [9.17, 15) is 14.7 Å². The second kappa shape index (κ2) is 12.8. The monoisotopic (exact) mass is 757 g/mol. The smallest absolute Gasteiger partial charge is 0.344 e. The van der Waals surface area contributed by atoms with Crippen molar-refractivity contribution in [2.75, 3.05) is 51.8 Å². The summed E-state index contributed by atoms with van der Waals surface area (Å²) in [4.78, 5) is 42.2. The van der Waals surface area contributed by atoms with E-state index in [0.29, 0.717) is 18.0 Å². The van der Waals surface area contributed by atoms with E-state index in [-0.39, 0.29) is 6.04 Å². The van der Waals surface area contributed by atoms with Gasteiger partial charge in [-0.15, -0.1) is 0 Å². The third-order valence-electron chi connectivity index (χ3n) is 15.1. The van der Waals surface area contributed by atoms with Gasteiger partial charge >= 0.3 is 11.9 Å². The first-order chi connectivity index (χ1) is 26.8. The highest BCUT2D eigenvalue weighted by Crippen LogP contribution is 2.68. The van der Waals surface area contributed by atoms with Gasteiger partial charge in [0.05, 0.1) is 19.7 Å². The predicted molar refractivity (Wildman–Crippen MR) is 217 cm³/mol. The van der Waals surface area contributed by atoms with E-state index in [2.05, 4.69) is 94.7 Å². The van der Waals surface area contributed by atoms with Crippen molar-refractivity contribution in [2.24, 2.45) is 11.3 Å². The SMILES string of the molecule is [C-]#[N+]c1ccc2[nH]c3c(c2c1)CCN1CC(CC)=C[C@H](C1)C[C@]3(C)c1cc2c(cc1C)N(C)C1[C@]23CCN2CC=C[C@@](CC)([C@@H](OC(C)=O)[C@]1(O)C(=O)OC)[C@H]23. The summed E-state index contributed by atoms with van der Waals surface area (Å²) in [5.41, 5.74) is 6.03. The standard InChI is InChI=1S/C46H55N5O5/c1-9-29-21-30-24-43(5,38-32(14-18-50(25-29)26-30)33-22-31(47-6)12-13-36(33)48-38)34-23-35-37(20-27(34)3)49(7)40-45(35)16-19-51-17-11-15-44(10-2,39(45)51)41(56-28(4)52)46(40,54)42(53)55-8/h11-13,15,20-23,30,39-41,48,54H,9-10,14,16-19,24-26H2,1-5,7-8H3/t30-,39-,40?,41+,43+,44+,45+,46-/m0/s1. The summed E-state index contributed by atoms with van der Waals surface area (Å²) in [6.45, 7) is 22.6. The number of hydrogen-bond acceptors (Lipinski definition) is 8. The fourth-order valence-corrected chi connectivity index (χ4v) is 13.1. The zero-order valence-corrected chi connectivity index (χ0v) is 33.9. The molecule has 10 nitrogen and oxygen atoms in total. The number of esters is 2. The molecule has 56 heavy (non-hydrogen) atoms. The van der Waals surface area contributed by atoms with Crippen molar-refractivity contribution >= 4 is 34.2 Å². The molecule has 2 N–H and O–H groups in total. The molecule has 9 rings (SSSR count). The number of aryl methyl sites for hydroxylation is 1. The lowest BCUT2D eigenvalue weighted by atomic mass is 9.47. The van der Waals surface area contributed by atoms with Gasteiger partial charge in [-0.05, 0) is 104 Å². The minimum atomic E-state index is -2.16. The molecule has 9 atom stereocenters. The Morgan fingerprint density at radius 1 is 1.12 bits per heavy atom. The van der Waals surface area contributed by atoms with Crippen LogP contribution >= 0.6 is 0 Å². The number of likely N-dealkylation sites (N-methyl/N-ethyl adjacent to an activating group) is 1. The summed E-state index contributed by atoms with van der Waals surface area (Å²) in [7, 11) is 3.29. The number of methoxy groups -OCH3 is 1. The Hall–Kier alpha value is -4.43.